The van der Waals surface area contributed by atoms with Crippen molar-refractivity contribution >= 4 is 11.9 Å². The molecule has 72 valence electrons. The van der Waals surface area contributed by atoms with Crippen molar-refractivity contribution in [1.82, 2.24) is 10.4 Å². The molecule has 0 saturated carbocycles. The lowest BCUT2D eigenvalue weighted by atomic mass is 10.7. The SMILES string of the molecule is CCNN(C)C.O=C(O)C(=O)O. The van der Waals surface area contributed by atoms with E-state index in [0.29, 0.717) is 0 Å². The summed E-state index contributed by atoms with van der Waals surface area (Å²) in [6.07, 6.45) is 0. The van der Waals surface area contributed by atoms with Crippen molar-refractivity contribution in [3.63, 3.8) is 0 Å². The normalized spacial score (nSPS) is 8.67. The van der Waals surface area contributed by atoms with E-state index in [2.05, 4.69) is 12.3 Å². The Morgan fingerprint density at radius 2 is 1.58 bits per heavy atom. The Kier molecular flexibility index (Phi) is 8.92. The molecule has 0 rings (SSSR count). The van der Waals surface area contributed by atoms with E-state index in [9.17, 15) is 0 Å². The fourth-order valence-corrected chi connectivity index (χ4v) is 0.316. The second-order valence-corrected chi connectivity index (χ2v) is 2.02. The van der Waals surface area contributed by atoms with Crippen molar-refractivity contribution in [2.75, 3.05) is 20.6 Å². The summed E-state index contributed by atoms with van der Waals surface area (Å²) in [4.78, 5) is 18.2. The van der Waals surface area contributed by atoms with Gasteiger partial charge in [0, 0.05) is 20.6 Å². The van der Waals surface area contributed by atoms with Gasteiger partial charge in [0.1, 0.15) is 0 Å². The van der Waals surface area contributed by atoms with Crippen LogP contribution in [0.1, 0.15) is 6.92 Å². The summed E-state index contributed by atoms with van der Waals surface area (Å²) in [7, 11) is 3.95. The summed E-state index contributed by atoms with van der Waals surface area (Å²) < 4.78 is 0. The predicted octanol–water partition coefficient (Wildman–Crippen LogP) is -0.772. The quantitative estimate of drug-likeness (QED) is 0.380. The molecule has 0 heterocycles. The van der Waals surface area contributed by atoms with Crippen molar-refractivity contribution in [2.24, 2.45) is 0 Å². The van der Waals surface area contributed by atoms with Crippen molar-refractivity contribution in [3.8, 4) is 0 Å². The summed E-state index contributed by atoms with van der Waals surface area (Å²) in [5.74, 6) is -3.65. The van der Waals surface area contributed by atoms with E-state index >= 15 is 0 Å². The topological polar surface area (TPSA) is 89.9 Å². The van der Waals surface area contributed by atoms with Crippen LogP contribution in [0, 0.1) is 0 Å². The molecular formula is C6H14N2O4. The molecule has 0 fully saturated rings. The van der Waals surface area contributed by atoms with Gasteiger partial charge in [-0.1, -0.05) is 6.92 Å². The van der Waals surface area contributed by atoms with Crippen LogP contribution in [0.4, 0.5) is 0 Å². The van der Waals surface area contributed by atoms with Gasteiger partial charge in [-0.3, -0.25) is 10.4 Å². The Labute approximate surface area is 70.8 Å². The van der Waals surface area contributed by atoms with Gasteiger partial charge >= 0.3 is 11.9 Å². The molecule has 6 heteroatoms. The fraction of sp³-hybridized carbons (Fsp3) is 0.667. The molecule has 0 unspecified atom stereocenters. The first-order valence-electron chi connectivity index (χ1n) is 3.28. The van der Waals surface area contributed by atoms with E-state index < -0.39 is 11.9 Å². The molecule has 0 aromatic carbocycles. The number of carbonyl (C=O) groups is 2. The third-order valence-corrected chi connectivity index (χ3v) is 0.657. The lowest BCUT2D eigenvalue weighted by Gasteiger charge is -2.07. The van der Waals surface area contributed by atoms with Gasteiger partial charge in [0.15, 0.2) is 0 Å². The summed E-state index contributed by atoms with van der Waals surface area (Å²) >= 11 is 0. The number of hydrogen-bond acceptors (Lipinski definition) is 4. The molecule has 0 aromatic rings. The largest absolute Gasteiger partial charge is 0.473 e. The van der Waals surface area contributed by atoms with Crippen LogP contribution in [0.25, 0.3) is 0 Å². The van der Waals surface area contributed by atoms with Crippen LogP contribution in [0.2, 0.25) is 0 Å². The second kappa shape index (κ2) is 7.96. The molecule has 0 aliphatic heterocycles. The summed E-state index contributed by atoms with van der Waals surface area (Å²) in [6.45, 7) is 3.08. The van der Waals surface area contributed by atoms with Crippen molar-refractivity contribution in [3.05, 3.63) is 0 Å². The number of aliphatic carboxylic acids is 2. The number of carboxylic acids is 2. The van der Waals surface area contributed by atoms with E-state index in [1.165, 1.54) is 0 Å². The fourth-order valence-electron chi connectivity index (χ4n) is 0.316. The molecule has 0 aliphatic carbocycles. The molecule has 3 N–H and O–H groups in total. The zero-order valence-electron chi connectivity index (χ0n) is 7.37. The first-order chi connectivity index (χ1) is 5.41. The van der Waals surface area contributed by atoms with Crippen LogP contribution in [0.3, 0.4) is 0 Å². The molecule has 0 atom stereocenters. The zero-order valence-corrected chi connectivity index (χ0v) is 7.37. The van der Waals surface area contributed by atoms with E-state index in [1.54, 1.807) is 0 Å². The van der Waals surface area contributed by atoms with Gasteiger partial charge < -0.3 is 10.2 Å². The lowest BCUT2D eigenvalue weighted by molar-refractivity contribution is -0.159. The first kappa shape index (κ1) is 13.4. The van der Waals surface area contributed by atoms with E-state index in [-0.39, 0.29) is 0 Å². The molecule has 0 radical (unpaired) electrons. The highest BCUT2D eigenvalue weighted by molar-refractivity contribution is 6.27. The van der Waals surface area contributed by atoms with Gasteiger partial charge in [-0.15, -0.1) is 0 Å². The molecule has 0 spiro atoms. The first-order valence-corrected chi connectivity index (χ1v) is 3.28. The van der Waals surface area contributed by atoms with Crippen molar-refractivity contribution < 1.29 is 19.8 Å². The van der Waals surface area contributed by atoms with Crippen molar-refractivity contribution in [2.45, 2.75) is 6.92 Å². The minimum absolute atomic E-state index is 1.01. The number of nitrogens with zero attached hydrogens (tertiary/aromatic N) is 1. The molecule has 0 amide bonds. The third-order valence-electron chi connectivity index (χ3n) is 0.657. The molecule has 6 nitrogen and oxygen atoms in total. The number of hydrazine groups is 1. The Hall–Kier alpha value is -1.14. The molecule has 0 bridgehead atoms. The maximum absolute atomic E-state index is 9.10. The van der Waals surface area contributed by atoms with Crippen LogP contribution in [0.15, 0.2) is 0 Å². The smallest absolute Gasteiger partial charge is 0.414 e. The minimum Gasteiger partial charge on any atom is -0.473 e. The minimum atomic E-state index is -1.82. The summed E-state index contributed by atoms with van der Waals surface area (Å²) in [5.41, 5.74) is 3.04. The van der Waals surface area contributed by atoms with Gasteiger partial charge in [0.05, 0.1) is 0 Å². The van der Waals surface area contributed by atoms with Gasteiger partial charge in [-0.05, 0) is 0 Å². The maximum atomic E-state index is 9.10. The van der Waals surface area contributed by atoms with Crippen LogP contribution in [-0.4, -0.2) is 47.8 Å². The van der Waals surface area contributed by atoms with E-state index in [4.69, 9.17) is 19.8 Å². The number of carboxylic acid groups (broad SMARTS) is 2. The van der Waals surface area contributed by atoms with Gasteiger partial charge in [-0.2, -0.15) is 0 Å². The molecule has 0 saturated heterocycles. The Bertz CT molecular complexity index is 134. The lowest BCUT2D eigenvalue weighted by Crippen LogP contribution is -2.29. The Morgan fingerprint density at radius 1 is 1.25 bits per heavy atom. The summed E-state index contributed by atoms with van der Waals surface area (Å²) in [5, 5.41) is 16.7. The molecule has 0 aromatic heterocycles. The highest BCUT2D eigenvalue weighted by Crippen LogP contribution is 1.57. The maximum Gasteiger partial charge on any atom is 0.414 e. The highest BCUT2D eigenvalue weighted by atomic mass is 16.4. The number of hydrogen-bond donors (Lipinski definition) is 3. The highest BCUT2D eigenvalue weighted by Gasteiger charge is 2.04. The molecule has 0 aliphatic rings. The Morgan fingerprint density at radius 3 is 1.58 bits per heavy atom. The summed E-state index contributed by atoms with van der Waals surface area (Å²) in [6, 6.07) is 0. The van der Waals surface area contributed by atoms with Gasteiger partial charge in [0.2, 0.25) is 0 Å². The van der Waals surface area contributed by atoms with Gasteiger partial charge in [-0.25, -0.2) is 9.59 Å². The van der Waals surface area contributed by atoms with Crippen molar-refractivity contribution in [1.29, 1.82) is 0 Å². The van der Waals surface area contributed by atoms with E-state index in [0.717, 1.165) is 6.54 Å². The molecular weight excluding hydrogens is 164 g/mol. The zero-order chi connectivity index (χ0) is 10.1. The Balaban J connectivity index is 0. The average molecular weight is 178 g/mol. The van der Waals surface area contributed by atoms with Crippen LogP contribution in [0.5, 0.6) is 0 Å². The average Bonchev–Trinajstić information content (AvgIpc) is 1.87. The number of nitrogens with one attached hydrogen (secondary N) is 1. The standard InChI is InChI=1S/C4H12N2.C2H2O4/c1-4-5-6(2)3;3-1(4)2(5)6/h5H,4H2,1-3H3;(H,3,4)(H,5,6). The van der Waals surface area contributed by atoms with E-state index in [1.807, 2.05) is 19.1 Å². The van der Waals surface area contributed by atoms with Crippen LogP contribution in [-0.2, 0) is 9.59 Å². The monoisotopic (exact) mass is 178 g/mol. The van der Waals surface area contributed by atoms with Crippen LogP contribution < -0.4 is 5.43 Å². The predicted molar refractivity (Wildman–Crippen MR) is 42.6 cm³/mol. The van der Waals surface area contributed by atoms with Gasteiger partial charge in [0.25, 0.3) is 0 Å². The second-order valence-electron chi connectivity index (χ2n) is 2.02. The third kappa shape index (κ3) is 15.9. The number of rotatable bonds is 2. The van der Waals surface area contributed by atoms with Crippen LogP contribution >= 0.6 is 0 Å². The molecule has 12 heavy (non-hydrogen) atoms.